The van der Waals surface area contributed by atoms with Crippen molar-refractivity contribution in [1.29, 1.82) is 0 Å². The predicted molar refractivity (Wildman–Crippen MR) is 56.1 cm³/mol. The lowest BCUT2D eigenvalue weighted by atomic mass is 9.44. The highest BCUT2D eigenvalue weighted by atomic mass is 32.2. The van der Waals surface area contributed by atoms with Crippen LogP contribution in [0.25, 0.3) is 0 Å². The van der Waals surface area contributed by atoms with E-state index in [1.54, 1.807) is 0 Å². The predicted octanol–water partition coefficient (Wildman–Crippen LogP) is 1.04. The van der Waals surface area contributed by atoms with Crippen molar-refractivity contribution in [2.75, 3.05) is 11.5 Å². The van der Waals surface area contributed by atoms with Crippen molar-refractivity contribution in [3.63, 3.8) is 0 Å². The first-order valence-corrected chi connectivity index (χ1v) is 7.49. The van der Waals surface area contributed by atoms with Crippen LogP contribution >= 0.6 is 0 Å². The van der Waals surface area contributed by atoms with Crippen LogP contribution in [-0.4, -0.2) is 25.7 Å². The number of carbonyl (C=O) groups is 1. The standard InChI is InChI=1S/C11H16O3S/c1-11-4-2-3-9(12)10(11)7-5-15(13,14)6-8(7)11/h7-8,10H,2-6H2,1H3/t7-,8+,10-,11-/m0/s1. The smallest absolute Gasteiger partial charge is 0.150 e. The fraction of sp³-hybridized carbons (Fsp3) is 0.909. The van der Waals surface area contributed by atoms with Gasteiger partial charge in [0.2, 0.25) is 0 Å². The van der Waals surface area contributed by atoms with E-state index < -0.39 is 9.84 Å². The molecular weight excluding hydrogens is 212 g/mol. The van der Waals surface area contributed by atoms with Crippen LogP contribution in [0.2, 0.25) is 0 Å². The van der Waals surface area contributed by atoms with Gasteiger partial charge in [-0.25, -0.2) is 8.42 Å². The van der Waals surface area contributed by atoms with Gasteiger partial charge < -0.3 is 0 Å². The van der Waals surface area contributed by atoms with E-state index in [0.717, 1.165) is 12.8 Å². The number of rotatable bonds is 0. The molecule has 0 bridgehead atoms. The van der Waals surface area contributed by atoms with Crippen molar-refractivity contribution in [1.82, 2.24) is 0 Å². The summed E-state index contributed by atoms with van der Waals surface area (Å²) >= 11 is 0. The molecule has 0 aromatic rings. The van der Waals surface area contributed by atoms with E-state index in [1.807, 2.05) is 0 Å². The molecule has 1 saturated heterocycles. The molecule has 4 heteroatoms. The first kappa shape index (κ1) is 9.82. The molecule has 2 saturated carbocycles. The Labute approximate surface area is 90.2 Å². The molecule has 0 aromatic carbocycles. The Morgan fingerprint density at radius 3 is 2.80 bits per heavy atom. The summed E-state index contributed by atoms with van der Waals surface area (Å²) in [5, 5.41) is 0. The minimum atomic E-state index is -2.85. The zero-order chi connectivity index (χ0) is 10.8. The van der Waals surface area contributed by atoms with Crippen molar-refractivity contribution >= 4 is 15.6 Å². The van der Waals surface area contributed by atoms with Crippen molar-refractivity contribution in [3.8, 4) is 0 Å². The van der Waals surface area contributed by atoms with Gasteiger partial charge in [-0.1, -0.05) is 6.92 Å². The van der Waals surface area contributed by atoms with Crippen molar-refractivity contribution < 1.29 is 13.2 Å². The Morgan fingerprint density at radius 2 is 2.07 bits per heavy atom. The summed E-state index contributed by atoms with van der Waals surface area (Å²) in [5.74, 6) is 1.42. The highest BCUT2D eigenvalue weighted by molar-refractivity contribution is 7.91. The number of hydrogen-bond acceptors (Lipinski definition) is 3. The molecular formula is C11H16O3S. The Bertz CT molecular complexity index is 425. The summed E-state index contributed by atoms with van der Waals surface area (Å²) < 4.78 is 23.1. The van der Waals surface area contributed by atoms with Crippen molar-refractivity contribution in [2.24, 2.45) is 23.2 Å². The van der Waals surface area contributed by atoms with Gasteiger partial charge in [0.05, 0.1) is 11.5 Å². The zero-order valence-corrected chi connectivity index (χ0v) is 9.72. The molecule has 3 fully saturated rings. The van der Waals surface area contributed by atoms with E-state index in [1.165, 1.54) is 0 Å². The van der Waals surface area contributed by atoms with Gasteiger partial charge in [-0.2, -0.15) is 0 Å². The molecule has 0 spiro atoms. The molecule has 4 atom stereocenters. The average Bonchev–Trinajstić information content (AvgIpc) is 2.39. The molecule has 0 aromatic heterocycles. The summed E-state index contributed by atoms with van der Waals surface area (Å²) in [6, 6.07) is 0. The zero-order valence-electron chi connectivity index (χ0n) is 8.90. The molecule has 15 heavy (non-hydrogen) atoms. The van der Waals surface area contributed by atoms with Crippen molar-refractivity contribution in [2.45, 2.75) is 26.2 Å². The number of ketones is 1. The maximum atomic E-state index is 11.8. The highest BCUT2D eigenvalue weighted by Crippen LogP contribution is 2.64. The van der Waals surface area contributed by atoms with Crippen molar-refractivity contribution in [3.05, 3.63) is 0 Å². The second-order valence-electron chi connectivity index (χ2n) is 5.65. The number of fused-ring (bicyclic) bond motifs is 4. The lowest BCUT2D eigenvalue weighted by molar-refractivity contribution is -0.157. The molecule has 0 amide bonds. The maximum Gasteiger partial charge on any atom is 0.150 e. The van der Waals surface area contributed by atoms with Gasteiger partial charge in [0, 0.05) is 12.3 Å². The molecule has 84 valence electrons. The molecule has 1 heterocycles. The van der Waals surface area contributed by atoms with Gasteiger partial charge in [0.15, 0.2) is 9.84 Å². The van der Waals surface area contributed by atoms with E-state index in [4.69, 9.17) is 0 Å². The van der Waals surface area contributed by atoms with E-state index in [2.05, 4.69) is 6.92 Å². The largest absolute Gasteiger partial charge is 0.299 e. The first-order chi connectivity index (χ1) is 6.94. The lowest BCUT2D eigenvalue weighted by Gasteiger charge is -2.58. The van der Waals surface area contributed by atoms with Gasteiger partial charge >= 0.3 is 0 Å². The monoisotopic (exact) mass is 228 g/mol. The van der Waals surface area contributed by atoms with Gasteiger partial charge in [-0.3, -0.25) is 4.79 Å². The minimum absolute atomic E-state index is 0.0174. The topological polar surface area (TPSA) is 51.2 Å². The SMILES string of the molecule is C[C@@]12CCCC(=O)[C@@H]1[C@H]1CS(=O)(=O)C[C@H]12. The quantitative estimate of drug-likeness (QED) is 0.622. The van der Waals surface area contributed by atoms with Crippen LogP contribution in [0.3, 0.4) is 0 Å². The molecule has 0 N–H and O–H groups in total. The van der Waals surface area contributed by atoms with Crippen LogP contribution in [-0.2, 0) is 14.6 Å². The fourth-order valence-electron chi connectivity index (χ4n) is 4.23. The molecule has 0 radical (unpaired) electrons. The van der Waals surface area contributed by atoms with E-state index in [9.17, 15) is 13.2 Å². The van der Waals surface area contributed by atoms with Crippen LogP contribution in [0.4, 0.5) is 0 Å². The molecule has 3 aliphatic rings. The number of hydrogen-bond donors (Lipinski definition) is 0. The van der Waals surface area contributed by atoms with Gasteiger partial charge in [-0.05, 0) is 30.1 Å². The third-order valence-electron chi connectivity index (χ3n) is 4.87. The summed E-state index contributed by atoms with van der Waals surface area (Å²) in [6.45, 7) is 2.12. The van der Waals surface area contributed by atoms with Gasteiger partial charge in [0.1, 0.15) is 5.78 Å². The van der Waals surface area contributed by atoms with E-state index >= 15 is 0 Å². The summed E-state index contributed by atoms with van der Waals surface area (Å²) in [7, 11) is -2.85. The molecule has 2 aliphatic carbocycles. The maximum absolute atomic E-state index is 11.8. The van der Waals surface area contributed by atoms with Crippen LogP contribution < -0.4 is 0 Å². The van der Waals surface area contributed by atoms with Crippen LogP contribution in [0.15, 0.2) is 0 Å². The Kier molecular flexibility index (Phi) is 1.73. The normalized spacial score (nSPS) is 51.8. The third-order valence-corrected chi connectivity index (χ3v) is 6.63. The average molecular weight is 228 g/mol. The molecule has 1 aliphatic heterocycles. The van der Waals surface area contributed by atoms with Crippen LogP contribution in [0.5, 0.6) is 0 Å². The first-order valence-electron chi connectivity index (χ1n) is 5.67. The molecule has 3 nitrogen and oxygen atoms in total. The van der Waals surface area contributed by atoms with E-state index in [0.29, 0.717) is 18.0 Å². The van der Waals surface area contributed by atoms with E-state index in [-0.39, 0.29) is 28.9 Å². The molecule has 0 unspecified atom stereocenters. The second kappa shape index (κ2) is 2.65. The number of carbonyl (C=O) groups excluding carboxylic acids is 1. The summed E-state index contributed by atoms with van der Waals surface area (Å²) in [5.41, 5.74) is 0.0174. The van der Waals surface area contributed by atoms with Gasteiger partial charge in [0.25, 0.3) is 0 Å². The number of Topliss-reactive ketones (excluding diaryl/α,β-unsaturated/α-hetero) is 1. The molecule has 3 rings (SSSR count). The lowest BCUT2D eigenvalue weighted by Crippen LogP contribution is -2.59. The van der Waals surface area contributed by atoms with Crippen LogP contribution in [0, 0.1) is 23.2 Å². The fourth-order valence-corrected chi connectivity index (χ4v) is 6.55. The minimum Gasteiger partial charge on any atom is -0.299 e. The number of sulfone groups is 1. The van der Waals surface area contributed by atoms with Gasteiger partial charge in [-0.15, -0.1) is 0 Å². The summed E-state index contributed by atoms with van der Waals surface area (Å²) in [4.78, 5) is 11.8. The second-order valence-corrected chi connectivity index (χ2v) is 7.80. The van der Waals surface area contributed by atoms with Crippen LogP contribution in [0.1, 0.15) is 26.2 Å². The Morgan fingerprint density at radius 1 is 1.33 bits per heavy atom. The Hall–Kier alpha value is -0.380. The third kappa shape index (κ3) is 1.11. The Balaban J connectivity index is 1.98. The highest BCUT2D eigenvalue weighted by Gasteiger charge is 2.66. The summed E-state index contributed by atoms with van der Waals surface area (Å²) in [6.07, 6.45) is 2.67.